The first-order valence-electron chi connectivity index (χ1n) is 9.44. The highest BCUT2D eigenvalue weighted by Crippen LogP contribution is 2.45. The molecule has 1 aromatic carbocycles. The van der Waals surface area contributed by atoms with Gasteiger partial charge < -0.3 is 14.8 Å². The van der Waals surface area contributed by atoms with Crippen molar-refractivity contribution < 1.29 is 14.3 Å². The van der Waals surface area contributed by atoms with E-state index < -0.39 is 0 Å². The third-order valence-electron chi connectivity index (χ3n) is 4.60. The van der Waals surface area contributed by atoms with E-state index in [1.165, 1.54) is 4.68 Å². The number of hydrogen-bond donors (Lipinski definition) is 1. The van der Waals surface area contributed by atoms with Crippen LogP contribution in [0.3, 0.4) is 0 Å². The van der Waals surface area contributed by atoms with Gasteiger partial charge in [-0.15, -0.1) is 0 Å². The molecule has 0 saturated heterocycles. The highest BCUT2D eigenvalue weighted by Gasteiger charge is 2.35. The summed E-state index contributed by atoms with van der Waals surface area (Å²) in [6.07, 6.45) is 2.28. The molecule has 1 aliphatic rings. The van der Waals surface area contributed by atoms with E-state index in [1.54, 1.807) is 30.5 Å². The van der Waals surface area contributed by atoms with Crippen molar-refractivity contribution in [1.82, 2.24) is 14.8 Å². The number of benzene rings is 1. The number of nitrogens with zero attached hydrogens (tertiary/aromatic N) is 3. The number of rotatable bonds is 5. The maximum atomic E-state index is 13.2. The van der Waals surface area contributed by atoms with E-state index in [-0.39, 0.29) is 17.2 Å². The average molecular weight is 492 g/mol. The molecule has 156 valence electrons. The van der Waals surface area contributed by atoms with Crippen molar-refractivity contribution in [3.8, 4) is 17.3 Å². The Kier molecular flexibility index (Phi) is 5.46. The number of hydrogen-bond acceptors (Lipinski definition) is 5. The van der Waals surface area contributed by atoms with Crippen LogP contribution in [-0.2, 0) is 6.42 Å². The second-order valence-corrected chi connectivity index (χ2v) is 8.64. The largest absolute Gasteiger partial charge is 0.493 e. The molecule has 0 radical (unpaired) electrons. The fourth-order valence-electron chi connectivity index (χ4n) is 3.42. The Hall–Kier alpha value is -2.58. The summed E-state index contributed by atoms with van der Waals surface area (Å²) in [7, 11) is 0. The third-order valence-corrected chi connectivity index (χ3v) is 5.28. The Bertz CT molecular complexity index is 1130. The van der Waals surface area contributed by atoms with Crippen LogP contribution in [0.15, 0.2) is 41.1 Å². The van der Waals surface area contributed by atoms with Crippen molar-refractivity contribution in [1.29, 1.82) is 0 Å². The van der Waals surface area contributed by atoms with Gasteiger partial charge >= 0.3 is 0 Å². The monoisotopic (exact) mass is 490 g/mol. The average Bonchev–Trinajstić information content (AvgIpc) is 3.23. The van der Waals surface area contributed by atoms with Crippen molar-refractivity contribution in [2.24, 2.45) is 0 Å². The van der Waals surface area contributed by atoms with E-state index in [4.69, 9.17) is 21.1 Å². The molecule has 0 saturated carbocycles. The van der Waals surface area contributed by atoms with Gasteiger partial charge in [-0.25, -0.2) is 9.67 Å². The van der Waals surface area contributed by atoms with Crippen LogP contribution in [0.4, 0.5) is 5.69 Å². The fraction of sp³-hybridized carbons (Fsp3) is 0.286. The number of amides is 1. The van der Waals surface area contributed by atoms with Gasteiger partial charge in [0.2, 0.25) is 0 Å². The topological polar surface area (TPSA) is 78.3 Å². The number of ether oxygens (including phenoxy) is 2. The van der Waals surface area contributed by atoms with Crippen molar-refractivity contribution >= 4 is 39.1 Å². The maximum Gasteiger partial charge on any atom is 0.274 e. The van der Waals surface area contributed by atoms with Gasteiger partial charge in [0.1, 0.15) is 21.6 Å². The zero-order chi connectivity index (χ0) is 21.5. The van der Waals surface area contributed by atoms with Crippen molar-refractivity contribution in [3.63, 3.8) is 0 Å². The number of pyridine rings is 1. The van der Waals surface area contributed by atoms with Crippen LogP contribution >= 0.6 is 27.5 Å². The lowest BCUT2D eigenvalue weighted by Gasteiger charge is -2.18. The molecule has 1 N–H and O–H groups in total. The summed E-state index contributed by atoms with van der Waals surface area (Å²) >= 11 is 9.58. The van der Waals surface area contributed by atoms with Gasteiger partial charge in [0.25, 0.3) is 5.91 Å². The molecule has 0 unspecified atom stereocenters. The molecule has 1 amide bonds. The summed E-state index contributed by atoms with van der Waals surface area (Å²) in [6, 6.07) is 8.65. The lowest BCUT2D eigenvalue weighted by atomic mass is 10.0. The van der Waals surface area contributed by atoms with E-state index in [0.717, 1.165) is 11.3 Å². The Morgan fingerprint density at radius 1 is 1.40 bits per heavy atom. The van der Waals surface area contributed by atoms with Gasteiger partial charge in [0.15, 0.2) is 11.6 Å². The Morgan fingerprint density at radius 3 is 2.93 bits per heavy atom. The van der Waals surface area contributed by atoms with Crippen molar-refractivity contribution in [2.45, 2.75) is 32.8 Å². The smallest absolute Gasteiger partial charge is 0.274 e. The standard InChI is InChI=1S/C21H20BrClN4O3/c1-4-29-16-8-7-14(18-12(16)11-21(2,3)30-18)25-20(28)15-10-17(22)26-27(15)19-13(23)6-5-9-24-19/h5-10H,4,11H2,1-3H3,(H,25,28). The minimum absolute atomic E-state index is 0.280. The number of aromatic nitrogens is 3. The predicted octanol–water partition coefficient (Wildman–Crippen LogP) is 5.05. The summed E-state index contributed by atoms with van der Waals surface area (Å²) in [5.41, 5.74) is 1.41. The van der Waals surface area contributed by atoms with Crippen LogP contribution in [0, 0.1) is 0 Å². The van der Waals surface area contributed by atoms with Crippen LogP contribution in [0.5, 0.6) is 11.5 Å². The highest BCUT2D eigenvalue weighted by molar-refractivity contribution is 9.10. The molecule has 0 aliphatic carbocycles. The van der Waals surface area contributed by atoms with E-state index >= 15 is 0 Å². The molecule has 7 nitrogen and oxygen atoms in total. The number of nitrogens with one attached hydrogen (secondary N) is 1. The van der Waals surface area contributed by atoms with Crippen molar-refractivity contribution in [2.75, 3.05) is 11.9 Å². The van der Waals surface area contributed by atoms with Gasteiger partial charge in [-0.2, -0.15) is 5.10 Å². The second kappa shape index (κ2) is 7.92. The van der Waals surface area contributed by atoms with Crippen molar-refractivity contribution in [3.05, 3.63) is 57.4 Å². The van der Waals surface area contributed by atoms with Crippen LogP contribution in [0.2, 0.25) is 5.02 Å². The first-order chi connectivity index (χ1) is 14.3. The van der Waals surface area contributed by atoms with E-state index in [9.17, 15) is 4.79 Å². The molecule has 3 heterocycles. The summed E-state index contributed by atoms with van der Waals surface area (Å²) in [6.45, 7) is 6.49. The van der Waals surface area contributed by atoms with Gasteiger partial charge in [0, 0.05) is 24.2 Å². The molecular formula is C21H20BrClN4O3. The number of anilines is 1. The lowest BCUT2D eigenvalue weighted by molar-refractivity contribution is 0.101. The van der Waals surface area contributed by atoms with Gasteiger partial charge in [0.05, 0.1) is 17.3 Å². The first-order valence-corrected chi connectivity index (χ1v) is 10.6. The Morgan fingerprint density at radius 2 is 2.20 bits per heavy atom. The minimum atomic E-state index is -0.388. The molecule has 0 spiro atoms. The predicted molar refractivity (Wildman–Crippen MR) is 118 cm³/mol. The maximum absolute atomic E-state index is 13.2. The lowest BCUT2D eigenvalue weighted by Crippen LogP contribution is -2.25. The third kappa shape index (κ3) is 3.89. The molecule has 2 aromatic heterocycles. The Balaban J connectivity index is 1.70. The number of halogens is 2. The zero-order valence-corrected chi connectivity index (χ0v) is 19.0. The molecule has 3 aromatic rings. The number of carbonyl (C=O) groups excluding carboxylic acids is 1. The molecule has 4 rings (SSSR count). The van der Waals surface area contributed by atoms with Gasteiger partial charge in [-0.05, 0) is 61.0 Å². The van der Waals surface area contributed by atoms with Crippen LogP contribution < -0.4 is 14.8 Å². The molecule has 0 atom stereocenters. The van der Waals surface area contributed by atoms with E-state index in [1.807, 2.05) is 26.8 Å². The van der Waals surface area contributed by atoms with E-state index in [2.05, 4.69) is 31.3 Å². The van der Waals surface area contributed by atoms with Gasteiger partial charge in [-0.3, -0.25) is 4.79 Å². The summed E-state index contributed by atoms with van der Waals surface area (Å²) in [4.78, 5) is 17.4. The first kappa shape index (κ1) is 20.7. The van der Waals surface area contributed by atoms with E-state index in [0.29, 0.717) is 39.9 Å². The number of carbonyl (C=O) groups is 1. The quantitative estimate of drug-likeness (QED) is 0.540. The van der Waals surface area contributed by atoms with Gasteiger partial charge in [-0.1, -0.05) is 11.6 Å². The van der Waals surface area contributed by atoms with Crippen LogP contribution in [-0.4, -0.2) is 32.9 Å². The molecular weight excluding hydrogens is 472 g/mol. The second-order valence-electron chi connectivity index (χ2n) is 7.42. The molecule has 1 aliphatic heterocycles. The minimum Gasteiger partial charge on any atom is -0.493 e. The molecule has 9 heteroatoms. The number of fused-ring (bicyclic) bond motifs is 1. The Labute approximate surface area is 187 Å². The summed E-state index contributed by atoms with van der Waals surface area (Å²) in [5.74, 6) is 1.39. The zero-order valence-electron chi connectivity index (χ0n) is 16.7. The SMILES string of the molecule is CCOc1ccc(NC(=O)c2cc(Br)nn2-c2ncccc2Cl)c2c1CC(C)(C)O2. The molecule has 0 fully saturated rings. The highest BCUT2D eigenvalue weighted by atomic mass is 79.9. The normalized spacial score (nSPS) is 14.2. The summed E-state index contributed by atoms with van der Waals surface area (Å²) < 4.78 is 13.8. The molecule has 0 bridgehead atoms. The fourth-order valence-corrected chi connectivity index (χ4v) is 3.99. The molecule has 30 heavy (non-hydrogen) atoms. The summed E-state index contributed by atoms with van der Waals surface area (Å²) in [5, 5.41) is 7.63. The van der Waals surface area contributed by atoms with Crippen LogP contribution in [0.1, 0.15) is 36.8 Å². The van der Waals surface area contributed by atoms with Crippen LogP contribution in [0.25, 0.3) is 5.82 Å².